The number of amides is 2. The summed E-state index contributed by atoms with van der Waals surface area (Å²) in [6.45, 7) is 1.71. The molecular formula is C27H26F3N3O3. The number of carbonyl (C=O) groups is 2. The zero-order chi connectivity index (χ0) is 25.7. The van der Waals surface area contributed by atoms with Crippen molar-refractivity contribution in [3.8, 4) is 11.1 Å². The van der Waals surface area contributed by atoms with Crippen LogP contribution >= 0.6 is 0 Å². The van der Waals surface area contributed by atoms with Crippen molar-refractivity contribution in [1.29, 1.82) is 0 Å². The predicted molar refractivity (Wildman–Crippen MR) is 130 cm³/mol. The second-order valence-corrected chi connectivity index (χ2v) is 8.51. The van der Waals surface area contributed by atoms with Crippen LogP contribution in [-0.2, 0) is 11.0 Å². The van der Waals surface area contributed by atoms with Crippen molar-refractivity contribution in [1.82, 2.24) is 10.2 Å². The molecule has 1 fully saturated rings. The van der Waals surface area contributed by atoms with E-state index in [0.29, 0.717) is 37.3 Å². The molecule has 0 radical (unpaired) electrons. The van der Waals surface area contributed by atoms with Crippen molar-refractivity contribution in [3.05, 3.63) is 90.0 Å². The average Bonchev–Trinajstić information content (AvgIpc) is 2.91. The van der Waals surface area contributed by atoms with Gasteiger partial charge in [0.1, 0.15) is 6.04 Å². The zero-order valence-corrected chi connectivity index (χ0v) is 19.4. The van der Waals surface area contributed by atoms with Crippen LogP contribution < -0.4 is 10.2 Å². The van der Waals surface area contributed by atoms with Crippen LogP contribution in [0.2, 0.25) is 0 Å². The van der Waals surface area contributed by atoms with Gasteiger partial charge in [0.25, 0.3) is 5.91 Å². The highest BCUT2D eigenvalue weighted by Crippen LogP contribution is 2.31. The van der Waals surface area contributed by atoms with Crippen LogP contribution in [0.3, 0.4) is 0 Å². The van der Waals surface area contributed by atoms with E-state index in [0.717, 1.165) is 17.8 Å². The smallest absolute Gasteiger partial charge is 0.394 e. The van der Waals surface area contributed by atoms with E-state index in [1.54, 1.807) is 17.0 Å². The summed E-state index contributed by atoms with van der Waals surface area (Å²) in [4.78, 5) is 29.5. The molecule has 1 atom stereocenters. The topological polar surface area (TPSA) is 72.9 Å². The summed E-state index contributed by atoms with van der Waals surface area (Å²) in [6, 6.07) is 19.9. The van der Waals surface area contributed by atoms with Crippen LogP contribution in [0.25, 0.3) is 11.1 Å². The molecular weight excluding hydrogens is 471 g/mol. The third kappa shape index (κ3) is 5.85. The number of aliphatic hydroxyl groups excluding tert-OH is 1. The number of nitrogens with zero attached hydrogens (tertiary/aromatic N) is 2. The largest absolute Gasteiger partial charge is 0.416 e. The summed E-state index contributed by atoms with van der Waals surface area (Å²) in [5.41, 5.74) is 1.84. The van der Waals surface area contributed by atoms with Gasteiger partial charge in [-0.05, 0) is 47.5 Å². The Morgan fingerprint density at radius 2 is 1.39 bits per heavy atom. The number of piperazine rings is 1. The van der Waals surface area contributed by atoms with Crippen LogP contribution in [0.5, 0.6) is 0 Å². The van der Waals surface area contributed by atoms with Gasteiger partial charge in [0, 0.05) is 37.4 Å². The Morgan fingerprint density at radius 3 is 1.92 bits per heavy atom. The van der Waals surface area contributed by atoms with Gasteiger partial charge in [-0.3, -0.25) is 9.59 Å². The number of rotatable bonds is 6. The first-order valence-corrected chi connectivity index (χ1v) is 11.5. The molecule has 9 heteroatoms. The molecule has 0 bridgehead atoms. The number of hydrogen-bond donors (Lipinski definition) is 2. The molecule has 0 spiro atoms. The highest BCUT2D eigenvalue weighted by molar-refractivity contribution is 5.98. The monoisotopic (exact) mass is 497 g/mol. The summed E-state index contributed by atoms with van der Waals surface area (Å²) < 4.78 is 38.3. The third-order valence-corrected chi connectivity index (χ3v) is 6.19. The van der Waals surface area contributed by atoms with E-state index in [1.165, 1.54) is 24.3 Å². The fourth-order valence-corrected chi connectivity index (χ4v) is 4.14. The van der Waals surface area contributed by atoms with Crippen molar-refractivity contribution >= 4 is 17.5 Å². The molecule has 188 valence electrons. The van der Waals surface area contributed by atoms with Crippen molar-refractivity contribution < 1.29 is 27.9 Å². The highest BCUT2D eigenvalue weighted by Gasteiger charge is 2.30. The average molecular weight is 498 g/mol. The Bertz CT molecular complexity index is 1170. The van der Waals surface area contributed by atoms with E-state index in [-0.39, 0.29) is 11.5 Å². The van der Waals surface area contributed by atoms with E-state index in [1.807, 2.05) is 30.3 Å². The van der Waals surface area contributed by atoms with Crippen molar-refractivity contribution in [2.75, 3.05) is 37.7 Å². The number of carbonyl (C=O) groups excluding carboxylic acids is 2. The molecule has 1 aliphatic heterocycles. The number of nitrogens with one attached hydrogen (secondary N) is 1. The minimum absolute atomic E-state index is 0.269. The molecule has 1 heterocycles. The Labute approximate surface area is 207 Å². The van der Waals surface area contributed by atoms with Crippen molar-refractivity contribution in [2.24, 2.45) is 0 Å². The maximum absolute atomic E-state index is 12.9. The van der Waals surface area contributed by atoms with Gasteiger partial charge in [0.05, 0.1) is 12.2 Å². The Balaban J connectivity index is 1.35. The van der Waals surface area contributed by atoms with Gasteiger partial charge in [0.2, 0.25) is 5.91 Å². The molecule has 0 aromatic heterocycles. The Morgan fingerprint density at radius 1 is 0.833 bits per heavy atom. The minimum Gasteiger partial charge on any atom is -0.394 e. The number of benzene rings is 3. The minimum atomic E-state index is -4.41. The van der Waals surface area contributed by atoms with Gasteiger partial charge in [0.15, 0.2) is 0 Å². The first-order chi connectivity index (χ1) is 17.3. The Hall–Kier alpha value is -3.85. The first-order valence-electron chi connectivity index (χ1n) is 11.5. The van der Waals surface area contributed by atoms with Crippen LogP contribution in [-0.4, -0.2) is 60.6 Å². The SMILES string of the molecule is O=C(NC(CO)C(=O)N1CCN(c2ccccc2)CC1)c1ccc(-c2ccc(C(F)(F)F)cc2)cc1. The maximum Gasteiger partial charge on any atom is 0.416 e. The third-order valence-electron chi connectivity index (χ3n) is 6.19. The molecule has 3 aromatic carbocycles. The number of anilines is 1. The predicted octanol–water partition coefficient (Wildman–Crippen LogP) is 3.81. The number of para-hydroxylation sites is 1. The summed E-state index contributed by atoms with van der Waals surface area (Å²) in [5.74, 6) is -0.871. The van der Waals surface area contributed by atoms with Gasteiger partial charge < -0.3 is 20.2 Å². The van der Waals surface area contributed by atoms with Gasteiger partial charge in [-0.25, -0.2) is 0 Å². The lowest BCUT2D eigenvalue weighted by Crippen LogP contribution is -2.56. The van der Waals surface area contributed by atoms with Crippen molar-refractivity contribution in [3.63, 3.8) is 0 Å². The number of hydrogen-bond acceptors (Lipinski definition) is 4. The molecule has 36 heavy (non-hydrogen) atoms. The van der Waals surface area contributed by atoms with E-state index < -0.39 is 30.3 Å². The van der Waals surface area contributed by atoms with Gasteiger partial charge in [-0.2, -0.15) is 13.2 Å². The van der Waals surface area contributed by atoms with Gasteiger partial charge in [-0.1, -0.05) is 42.5 Å². The lowest BCUT2D eigenvalue weighted by Gasteiger charge is -2.37. The molecule has 2 amide bonds. The zero-order valence-electron chi connectivity index (χ0n) is 19.4. The summed E-state index contributed by atoms with van der Waals surface area (Å²) >= 11 is 0. The van der Waals surface area contributed by atoms with E-state index >= 15 is 0 Å². The molecule has 3 aromatic rings. The second kappa shape index (κ2) is 10.8. The molecule has 6 nitrogen and oxygen atoms in total. The number of alkyl halides is 3. The van der Waals surface area contributed by atoms with E-state index in [2.05, 4.69) is 10.2 Å². The summed E-state index contributed by atoms with van der Waals surface area (Å²) in [6.07, 6.45) is -4.41. The molecule has 1 saturated heterocycles. The van der Waals surface area contributed by atoms with E-state index in [4.69, 9.17) is 0 Å². The van der Waals surface area contributed by atoms with Gasteiger partial charge >= 0.3 is 6.18 Å². The number of aliphatic hydroxyl groups is 1. The van der Waals surface area contributed by atoms with Crippen molar-refractivity contribution in [2.45, 2.75) is 12.2 Å². The quantitative estimate of drug-likeness (QED) is 0.543. The van der Waals surface area contributed by atoms with Crippen LogP contribution in [0.1, 0.15) is 15.9 Å². The molecule has 0 aliphatic carbocycles. The Kier molecular flexibility index (Phi) is 7.59. The van der Waals surface area contributed by atoms with Crippen LogP contribution in [0.15, 0.2) is 78.9 Å². The normalized spacial score (nSPS) is 14.9. The lowest BCUT2D eigenvalue weighted by molar-refractivity contribution is -0.137. The molecule has 0 saturated carbocycles. The molecule has 1 aliphatic rings. The lowest BCUT2D eigenvalue weighted by atomic mass is 10.0. The number of halogens is 3. The summed E-state index contributed by atoms with van der Waals surface area (Å²) in [7, 11) is 0. The molecule has 2 N–H and O–H groups in total. The summed E-state index contributed by atoms with van der Waals surface area (Å²) in [5, 5.41) is 12.4. The fourth-order valence-electron chi connectivity index (χ4n) is 4.14. The van der Waals surface area contributed by atoms with Gasteiger partial charge in [-0.15, -0.1) is 0 Å². The molecule has 4 rings (SSSR count). The van der Waals surface area contributed by atoms with Crippen LogP contribution in [0.4, 0.5) is 18.9 Å². The van der Waals surface area contributed by atoms with E-state index in [9.17, 15) is 27.9 Å². The molecule has 1 unspecified atom stereocenters. The highest BCUT2D eigenvalue weighted by atomic mass is 19.4. The first kappa shape index (κ1) is 25.2. The maximum atomic E-state index is 12.9. The van der Waals surface area contributed by atoms with Crippen LogP contribution in [0, 0.1) is 0 Å². The standard InChI is InChI=1S/C27H26F3N3O3/c28-27(29,30)22-12-10-20(11-13-22)19-6-8-21(9-7-19)25(35)31-24(18-34)26(36)33-16-14-32(15-17-33)23-4-2-1-3-5-23/h1-13,24,34H,14-18H2,(H,31,35). The second-order valence-electron chi connectivity index (χ2n) is 8.51. The fraction of sp³-hybridized carbons (Fsp3) is 0.259.